The average Bonchev–Trinajstić information content (AvgIpc) is 3.56. The van der Waals surface area contributed by atoms with Crippen molar-refractivity contribution >= 4 is 70.7 Å². The molecule has 0 aliphatic carbocycles. The molecule has 19 nitrogen and oxygen atoms in total. The van der Waals surface area contributed by atoms with E-state index in [4.69, 9.17) is 26.8 Å². The second-order valence-electron chi connectivity index (χ2n) is 14.9. The Balaban J connectivity index is 1.05. The molecular weight excluding hydrogens is 826 g/mol. The SMILES string of the molecule is Cc1ccc(NC(=O)NCc2ccc3c(c2)CN([C@H]2CCC(=O)N(COC(=O)N(C)CCN(C)C(=O)OCc4ccccc4NC(=O)CCNC(=O)[C@H](C)N)C2=O)C3=O)cc1Cl. The fourth-order valence-electron chi connectivity index (χ4n) is 6.44. The molecular formula is C42H50ClN9O10. The number of hydrogen-bond acceptors (Lipinski definition) is 11. The van der Waals surface area contributed by atoms with Crippen LogP contribution in [-0.2, 0) is 48.3 Å². The number of nitrogens with one attached hydrogen (secondary N) is 4. The van der Waals surface area contributed by atoms with Crippen LogP contribution in [0.2, 0.25) is 5.02 Å². The van der Waals surface area contributed by atoms with Crippen LogP contribution in [0.5, 0.6) is 0 Å². The number of anilines is 2. The van der Waals surface area contributed by atoms with Gasteiger partial charge in [0.25, 0.3) is 11.8 Å². The van der Waals surface area contributed by atoms with Gasteiger partial charge in [-0.3, -0.25) is 24.0 Å². The summed E-state index contributed by atoms with van der Waals surface area (Å²) >= 11 is 6.15. The molecule has 0 radical (unpaired) electrons. The van der Waals surface area contributed by atoms with Gasteiger partial charge in [-0.2, -0.15) is 0 Å². The molecule has 3 aromatic carbocycles. The number of carbonyl (C=O) groups excluding carboxylic acids is 8. The molecule has 2 aliphatic rings. The number of nitrogens with zero attached hydrogens (tertiary/aromatic N) is 4. The summed E-state index contributed by atoms with van der Waals surface area (Å²) in [6.45, 7) is 2.95. The third kappa shape index (κ3) is 12.2. The van der Waals surface area contributed by atoms with Crippen LogP contribution in [0.3, 0.4) is 0 Å². The molecule has 62 heavy (non-hydrogen) atoms. The molecule has 0 bridgehead atoms. The number of fused-ring (bicyclic) bond motifs is 1. The van der Waals surface area contributed by atoms with Gasteiger partial charge >= 0.3 is 18.2 Å². The van der Waals surface area contributed by atoms with Gasteiger partial charge in [-0.1, -0.05) is 48.0 Å². The summed E-state index contributed by atoms with van der Waals surface area (Å²) in [5.41, 5.74) is 9.66. The number of piperidine rings is 1. The molecule has 1 saturated heterocycles. The number of nitrogens with two attached hydrogens (primary N) is 1. The predicted molar refractivity (Wildman–Crippen MR) is 226 cm³/mol. The maximum atomic E-state index is 13.6. The standard InChI is InChI=1S/C42H50ClN9O10/c1-25-9-11-30(20-32(25)43)47-40(58)46-21-27-10-12-31-29(19-27)22-51(38(31)56)34-13-14-36(54)52(39(34)57)24-62-42(60)50(4)18-17-49(3)41(59)61-23-28-7-5-6-8-33(28)48-35(53)15-16-45-37(55)26(2)44/h5-12,19-20,26,34H,13-18,21-24,44H2,1-4H3,(H,45,55)(H,48,53)(H2,46,47,58)/t26-,34-/m0/s1. The summed E-state index contributed by atoms with van der Waals surface area (Å²) in [7, 11) is 2.89. The third-order valence-electron chi connectivity index (χ3n) is 10.2. The summed E-state index contributed by atoms with van der Waals surface area (Å²) in [5.74, 6) is -2.36. The molecule has 5 rings (SSSR count). The summed E-state index contributed by atoms with van der Waals surface area (Å²) in [4.78, 5) is 107. The lowest BCUT2D eigenvalue weighted by Gasteiger charge is -2.35. The Morgan fingerprint density at radius 2 is 1.63 bits per heavy atom. The second kappa shape index (κ2) is 21.2. The minimum Gasteiger partial charge on any atom is -0.444 e. The van der Waals surface area contributed by atoms with Crippen LogP contribution in [-0.4, -0.2) is 120 Å². The highest BCUT2D eigenvalue weighted by Crippen LogP contribution is 2.30. The van der Waals surface area contributed by atoms with Crippen molar-refractivity contribution in [1.82, 2.24) is 30.2 Å². The van der Waals surface area contributed by atoms with Crippen molar-refractivity contribution in [3.05, 3.63) is 93.5 Å². The molecule has 0 saturated carbocycles. The molecule has 9 amide bonds. The molecule has 330 valence electrons. The second-order valence-corrected chi connectivity index (χ2v) is 15.3. The summed E-state index contributed by atoms with van der Waals surface area (Å²) in [5, 5.41) is 11.3. The van der Waals surface area contributed by atoms with Crippen LogP contribution in [0.15, 0.2) is 60.7 Å². The fourth-order valence-corrected chi connectivity index (χ4v) is 6.62. The molecule has 1 fully saturated rings. The van der Waals surface area contributed by atoms with E-state index in [9.17, 15) is 38.4 Å². The first-order valence-electron chi connectivity index (χ1n) is 19.8. The molecule has 3 aromatic rings. The van der Waals surface area contributed by atoms with Crippen LogP contribution in [0.25, 0.3) is 0 Å². The van der Waals surface area contributed by atoms with E-state index in [0.29, 0.717) is 33.1 Å². The summed E-state index contributed by atoms with van der Waals surface area (Å²) in [6.07, 6.45) is -1.53. The number of rotatable bonds is 16. The number of hydrogen-bond donors (Lipinski definition) is 5. The monoisotopic (exact) mass is 875 g/mol. The van der Waals surface area contributed by atoms with E-state index in [1.54, 1.807) is 60.7 Å². The molecule has 0 aromatic heterocycles. The number of halogens is 1. The normalized spacial score (nSPS) is 15.0. The molecule has 6 N–H and O–H groups in total. The van der Waals surface area contributed by atoms with Crippen molar-refractivity contribution in [3.63, 3.8) is 0 Å². The number of carbonyl (C=O) groups is 8. The lowest BCUT2D eigenvalue weighted by Crippen LogP contribution is -2.55. The molecule has 20 heteroatoms. The smallest absolute Gasteiger partial charge is 0.411 e. The van der Waals surface area contributed by atoms with Crippen LogP contribution in [0, 0.1) is 6.92 Å². The number of imide groups is 1. The zero-order chi connectivity index (χ0) is 45.1. The number of amides is 9. The largest absolute Gasteiger partial charge is 0.444 e. The Labute approximate surface area is 363 Å². The van der Waals surface area contributed by atoms with E-state index < -0.39 is 48.8 Å². The topological polar surface area (TPSA) is 242 Å². The van der Waals surface area contributed by atoms with Gasteiger partial charge in [0.15, 0.2) is 6.73 Å². The van der Waals surface area contributed by atoms with Gasteiger partial charge in [-0.25, -0.2) is 19.3 Å². The Bertz CT molecular complexity index is 2220. The van der Waals surface area contributed by atoms with Gasteiger partial charge < -0.3 is 51.2 Å². The third-order valence-corrected chi connectivity index (χ3v) is 10.6. The molecule has 2 atom stereocenters. The number of likely N-dealkylation sites (tertiary alicyclic amines) is 1. The van der Waals surface area contributed by atoms with Gasteiger partial charge in [0, 0.05) is 87.2 Å². The van der Waals surface area contributed by atoms with Gasteiger partial charge in [-0.05, 0) is 61.2 Å². The highest BCUT2D eigenvalue weighted by atomic mass is 35.5. The van der Waals surface area contributed by atoms with Crippen molar-refractivity contribution in [2.45, 2.75) is 64.9 Å². The van der Waals surface area contributed by atoms with Crippen LogP contribution < -0.4 is 27.0 Å². The Hall–Kier alpha value is -6.73. The first-order chi connectivity index (χ1) is 29.5. The molecule has 0 unspecified atom stereocenters. The fraction of sp³-hybridized carbons (Fsp3) is 0.381. The van der Waals surface area contributed by atoms with E-state index in [2.05, 4.69) is 21.3 Å². The minimum atomic E-state index is -0.972. The number of para-hydroxylation sites is 1. The van der Waals surface area contributed by atoms with E-state index in [1.807, 2.05) is 6.92 Å². The van der Waals surface area contributed by atoms with Crippen molar-refractivity contribution in [1.29, 1.82) is 0 Å². The highest BCUT2D eigenvalue weighted by molar-refractivity contribution is 6.31. The summed E-state index contributed by atoms with van der Waals surface area (Å²) in [6, 6.07) is 14.9. The first-order valence-corrected chi connectivity index (χ1v) is 20.1. The molecule has 2 aliphatic heterocycles. The highest BCUT2D eigenvalue weighted by Gasteiger charge is 2.43. The van der Waals surface area contributed by atoms with Gasteiger partial charge in [-0.15, -0.1) is 0 Å². The zero-order valence-corrected chi connectivity index (χ0v) is 35.6. The lowest BCUT2D eigenvalue weighted by molar-refractivity contribution is -0.157. The molecule has 2 heterocycles. The van der Waals surface area contributed by atoms with Gasteiger partial charge in [0.05, 0.1) is 6.04 Å². The zero-order valence-electron chi connectivity index (χ0n) is 34.8. The van der Waals surface area contributed by atoms with Crippen molar-refractivity contribution in [2.75, 3.05) is 51.1 Å². The van der Waals surface area contributed by atoms with Gasteiger partial charge in [0.2, 0.25) is 17.7 Å². The van der Waals surface area contributed by atoms with Crippen LogP contribution in [0.1, 0.15) is 58.8 Å². The number of ether oxygens (including phenoxy) is 2. The lowest BCUT2D eigenvalue weighted by atomic mass is 10.0. The predicted octanol–water partition coefficient (Wildman–Crippen LogP) is 3.53. The van der Waals surface area contributed by atoms with Gasteiger partial charge in [0.1, 0.15) is 12.6 Å². The Kier molecular flexibility index (Phi) is 15.8. The maximum absolute atomic E-state index is 13.6. The Morgan fingerprint density at radius 1 is 0.919 bits per heavy atom. The maximum Gasteiger partial charge on any atom is 0.411 e. The number of likely N-dealkylation sites (N-methyl/N-ethyl adjacent to an activating group) is 2. The average molecular weight is 876 g/mol. The number of urea groups is 1. The van der Waals surface area contributed by atoms with Crippen LogP contribution in [0.4, 0.5) is 25.8 Å². The van der Waals surface area contributed by atoms with E-state index in [-0.39, 0.29) is 76.3 Å². The van der Waals surface area contributed by atoms with E-state index in [1.165, 1.54) is 30.8 Å². The van der Waals surface area contributed by atoms with E-state index in [0.717, 1.165) is 20.9 Å². The van der Waals surface area contributed by atoms with Crippen molar-refractivity contribution < 1.29 is 47.8 Å². The summed E-state index contributed by atoms with van der Waals surface area (Å²) < 4.78 is 10.7. The first kappa shape index (κ1) is 46.3. The van der Waals surface area contributed by atoms with Crippen molar-refractivity contribution in [3.8, 4) is 0 Å². The van der Waals surface area contributed by atoms with Crippen molar-refractivity contribution in [2.24, 2.45) is 5.73 Å². The quantitative estimate of drug-likeness (QED) is 0.130. The number of benzene rings is 3. The number of aryl methyl sites for hydroxylation is 1. The van der Waals surface area contributed by atoms with E-state index >= 15 is 0 Å². The van der Waals surface area contributed by atoms with Crippen LogP contribution >= 0.6 is 11.6 Å². The molecule has 0 spiro atoms. The Morgan fingerprint density at radius 3 is 2.34 bits per heavy atom. The minimum absolute atomic E-state index is 0.00349.